The maximum Gasteiger partial charge on any atom is 0.317 e. The lowest BCUT2D eigenvalue weighted by atomic mass is 10.0. The van der Waals surface area contributed by atoms with E-state index in [1.807, 2.05) is 18.2 Å². The normalized spacial score (nSPS) is 17.4. The number of hydrogen-bond acceptors (Lipinski definition) is 2. The Hall–Kier alpha value is -1.55. The molecule has 4 heteroatoms. The van der Waals surface area contributed by atoms with E-state index >= 15 is 0 Å². The second-order valence-corrected chi connectivity index (χ2v) is 5.73. The molecule has 0 bridgehead atoms. The van der Waals surface area contributed by atoms with Crippen LogP contribution < -0.4 is 5.32 Å². The predicted molar refractivity (Wildman–Crippen MR) is 79.4 cm³/mol. The topological polar surface area (TPSA) is 52.6 Å². The molecule has 4 nitrogen and oxygen atoms in total. The van der Waals surface area contributed by atoms with Gasteiger partial charge < -0.3 is 15.3 Å². The van der Waals surface area contributed by atoms with E-state index in [1.165, 1.54) is 18.4 Å². The van der Waals surface area contributed by atoms with Crippen molar-refractivity contribution in [1.29, 1.82) is 0 Å². The van der Waals surface area contributed by atoms with E-state index in [-0.39, 0.29) is 18.2 Å². The number of amides is 2. The number of aliphatic hydroxyl groups is 1. The minimum absolute atomic E-state index is 0.0635. The summed E-state index contributed by atoms with van der Waals surface area (Å²) in [6.07, 6.45) is 2.58. The molecule has 0 heterocycles. The van der Waals surface area contributed by atoms with Crippen LogP contribution in [0.2, 0.25) is 0 Å². The summed E-state index contributed by atoms with van der Waals surface area (Å²) in [6.45, 7) is 2.30. The van der Waals surface area contributed by atoms with Crippen molar-refractivity contribution in [2.45, 2.75) is 38.3 Å². The molecular weight excluding hydrogens is 252 g/mol. The van der Waals surface area contributed by atoms with Crippen LogP contribution in [0.15, 0.2) is 30.3 Å². The van der Waals surface area contributed by atoms with Gasteiger partial charge in [0.1, 0.15) is 0 Å². The van der Waals surface area contributed by atoms with Crippen LogP contribution in [0.1, 0.15) is 37.8 Å². The summed E-state index contributed by atoms with van der Waals surface area (Å²) in [5.41, 5.74) is 1.17. The highest BCUT2D eigenvalue weighted by Crippen LogP contribution is 2.40. The average molecular weight is 276 g/mol. The summed E-state index contributed by atoms with van der Waals surface area (Å²) in [5, 5.41) is 12.4. The summed E-state index contributed by atoms with van der Waals surface area (Å²) in [7, 11) is 1.77. The Kier molecular flexibility index (Phi) is 5.01. The second-order valence-electron chi connectivity index (χ2n) is 5.73. The van der Waals surface area contributed by atoms with Crippen molar-refractivity contribution in [3.63, 3.8) is 0 Å². The number of aliphatic hydroxyl groups excluding tert-OH is 1. The molecule has 1 aliphatic carbocycles. The number of hydrogen-bond donors (Lipinski definition) is 2. The van der Waals surface area contributed by atoms with Crippen molar-refractivity contribution < 1.29 is 9.90 Å². The number of carbonyl (C=O) groups is 1. The van der Waals surface area contributed by atoms with Crippen LogP contribution in [0.4, 0.5) is 4.79 Å². The Morgan fingerprint density at radius 2 is 2.05 bits per heavy atom. The Morgan fingerprint density at radius 3 is 2.60 bits per heavy atom. The highest BCUT2D eigenvalue weighted by Gasteiger charge is 2.33. The fourth-order valence-electron chi connectivity index (χ4n) is 2.29. The van der Waals surface area contributed by atoms with Gasteiger partial charge in [-0.15, -0.1) is 0 Å². The van der Waals surface area contributed by atoms with Crippen LogP contribution in [0, 0.1) is 5.92 Å². The van der Waals surface area contributed by atoms with Crippen molar-refractivity contribution in [3.8, 4) is 0 Å². The fourth-order valence-corrected chi connectivity index (χ4v) is 2.29. The second kappa shape index (κ2) is 6.75. The minimum Gasteiger partial charge on any atom is -0.393 e. The molecule has 0 aliphatic heterocycles. The molecule has 0 spiro atoms. The summed E-state index contributed by atoms with van der Waals surface area (Å²) >= 11 is 0. The predicted octanol–water partition coefficient (Wildman–Crippen LogP) is 2.55. The Labute approximate surface area is 120 Å². The van der Waals surface area contributed by atoms with E-state index in [0.29, 0.717) is 18.9 Å². The van der Waals surface area contributed by atoms with Gasteiger partial charge >= 0.3 is 6.03 Å². The number of carbonyl (C=O) groups excluding carboxylic acids is 1. The fraction of sp³-hybridized carbons (Fsp3) is 0.562. The van der Waals surface area contributed by atoms with Crippen LogP contribution in [-0.2, 0) is 0 Å². The highest BCUT2D eigenvalue weighted by atomic mass is 16.3. The van der Waals surface area contributed by atoms with Gasteiger partial charge in [-0.25, -0.2) is 4.79 Å². The van der Waals surface area contributed by atoms with Crippen LogP contribution in [0.5, 0.6) is 0 Å². The van der Waals surface area contributed by atoms with Crippen LogP contribution >= 0.6 is 0 Å². The van der Waals surface area contributed by atoms with Gasteiger partial charge in [-0.1, -0.05) is 30.3 Å². The lowest BCUT2D eigenvalue weighted by molar-refractivity contribution is 0.162. The molecule has 110 valence electrons. The van der Waals surface area contributed by atoms with Gasteiger partial charge in [-0.2, -0.15) is 0 Å². The van der Waals surface area contributed by atoms with E-state index in [4.69, 9.17) is 0 Å². The third-order valence-electron chi connectivity index (χ3n) is 3.76. The smallest absolute Gasteiger partial charge is 0.317 e. The van der Waals surface area contributed by atoms with Crippen molar-refractivity contribution in [2.75, 3.05) is 13.6 Å². The molecule has 1 fully saturated rings. The zero-order chi connectivity index (χ0) is 14.5. The van der Waals surface area contributed by atoms with E-state index in [9.17, 15) is 9.90 Å². The van der Waals surface area contributed by atoms with E-state index in [1.54, 1.807) is 18.9 Å². The first-order valence-corrected chi connectivity index (χ1v) is 7.32. The van der Waals surface area contributed by atoms with E-state index < -0.39 is 0 Å². The van der Waals surface area contributed by atoms with Crippen LogP contribution in [0.25, 0.3) is 0 Å². The van der Waals surface area contributed by atoms with Crippen molar-refractivity contribution in [2.24, 2.45) is 5.92 Å². The van der Waals surface area contributed by atoms with Gasteiger partial charge in [0, 0.05) is 13.6 Å². The first-order valence-electron chi connectivity index (χ1n) is 7.32. The van der Waals surface area contributed by atoms with Crippen molar-refractivity contribution in [1.82, 2.24) is 10.2 Å². The zero-order valence-corrected chi connectivity index (χ0v) is 12.2. The average Bonchev–Trinajstić information content (AvgIpc) is 3.27. The Balaban J connectivity index is 1.93. The number of rotatable bonds is 6. The molecule has 2 amide bonds. The number of nitrogens with zero attached hydrogens (tertiary/aromatic N) is 1. The molecule has 20 heavy (non-hydrogen) atoms. The SMILES string of the molecule is CC(O)CCN(C)C(=O)NC(c1ccccc1)C1CC1. The van der Waals surface area contributed by atoms with Gasteiger partial charge in [0.2, 0.25) is 0 Å². The molecule has 0 aromatic heterocycles. The van der Waals surface area contributed by atoms with E-state index in [0.717, 1.165) is 0 Å². The van der Waals surface area contributed by atoms with Crippen LogP contribution in [-0.4, -0.2) is 35.7 Å². The van der Waals surface area contributed by atoms with Crippen molar-refractivity contribution in [3.05, 3.63) is 35.9 Å². The van der Waals surface area contributed by atoms with Crippen molar-refractivity contribution >= 4 is 6.03 Å². The zero-order valence-electron chi connectivity index (χ0n) is 12.2. The van der Waals surface area contributed by atoms with Crippen LogP contribution in [0.3, 0.4) is 0 Å². The molecule has 1 aromatic rings. The molecule has 2 atom stereocenters. The third-order valence-corrected chi connectivity index (χ3v) is 3.76. The molecule has 2 N–H and O–H groups in total. The number of urea groups is 1. The molecule has 2 unspecified atom stereocenters. The summed E-state index contributed by atoms with van der Waals surface area (Å²) in [4.78, 5) is 13.8. The molecule has 1 aromatic carbocycles. The quantitative estimate of drug-likeness (QED) is 0.839. The number of nitrogens with one attached hydrogen (secondary N) is 1. The summed E-state index contributed by atoms with van der Waals surface area (Å²) in [6, 6.07) is 10.2. The largest absolute Gasteiger partial charge is 0.393 e. The standard InChI is InChI=1S/C16H24N2O2/c1-12(19)10-11-18(2)16(20)17-15(14-8-9-14)13-6-4-3-5-7-13/h3-7,12,14-15,19H,8-11H2,1-2H3,(H,17,20). The van der Waals surface area contributed by atoms with Gasteiger partial charge in [-0.3, -0.25) is 0 Å². The summed E-state index contributed by atoms with van der Waals surface area (Å²) in [5.74, 6) is 0.562. The Morgan fingerprint density at radius 1 is 1.40 bits per heavy atom. The molecule has 0 saturated heterocycles. The lowest BCUT2D eigenvalue weighted by Crippen LogP contribution is -2.41. The van der Waals surface area contributed by atoms with Gasteiger partial charge in [0.25, 0.3) is 0 Å². The van der Waals surface area contributed by atoms with E-state index in [2.05, 4.69) is 17.4 Å². The maximum atomic E-state index is 12.2. The van der Waals surface area contributed by atoms with Gasteiger partial charge in [0.05, 0.1) is 12.1 Å². The molecular formula is C16H24N2O2. The van der Waals surface area contributed by atoms with Gasteiger partial charge in [0.15, 0.2) is 0 Å². The third kappa shape index (κ3) is 4.23. The minimum atomic E-state index is -0.376. The van der Waals surface area contributed by atoms with Gasteiger partial charge in [-0.05, 0) is 37.7 Å². The number of benzene rings is 1. The maximum absolute atomic E-state index is 12.2. The molecule has 1 aliphatic rings. The first kappa shape index (κ1) is 14.9. The molecule has 1 saturated carbocycles. The highest BCUT2D eigenvalue weighted by molar-refractivity contribution is 5.74. The lowest BCUT2D eigenvalue weighted by Gasteiger charge is -2.24. The summed E-state index contributed by atoms with van der Waals surface area (Å²) < 4.78 is 0. The monoisotopic (exact) mass is 276 g/mol. The molecule has 0 radical (unpaired) electrons. The Bertz CT molecular complexity index is 429. The molecule has 2 rings (SSSR count). The first-order chi connectivity index (χ1) is 9.58.